The number of carbonyl (C=O) groups is 1. The highest BCUT2D eigenvalue weighted by molar-refractivity contribution is 6.62. The van der Waals surface area contributed by atoms with Gasteiger partial charge in [0, 0.05) is 12.1 Å². The summed E-state index contributed by atoms with van der Waals surface area (Å²) in [6, 6.07) is 19.4. The zero-order valence-electron chi connectivity index (χ0n) is 15.2. The molecular formula is C22H19BFNO3. The molecule has 6 heteroatoms. The Morgan fingerprint density at radius 2 is 1.82 bits per heavy atom. The van der Waals surface area contributed by atoms with Crippen LogP contribution >= 0.6 is 0 Å². The van der Waals surface area contributed by atoms with E-state index in [1.807, 2.05) is 42.5 Å². The highest BCUT2D eigenvalue weighted by Gasteiger charge is 2.29. The summed E-state index contributed by atoms with van der Waals surface area (Å²) in [4.78, 5) is 12.4. The first-order chi connectivity index (χ1) is 13.6. The van der Waals surface area contributed by atoms with Crippen LogP contribution in [0.4, 0.5) is 10.1 Å². The maximum absolute atomic E-state index is 13.5. The van der Waals surface area contributed by atoms with E-state index in [1.165, 1.54) is 12.1 Å². The first-order valence-corrected chi connectivity index (χ1v) is 9.16. The summed E-state index contributed by atoms with van der Waals surface area (Å²) in [5.74, 6) is -0.420. The molecule has 28 heavy (non-hydrogen) atoms. The van der Waals surface area contributed by atoms with E-state index < -0.39 is 7.12 Å². The second-order valence-corrected chi connectivity index (χ2v) is 6.79. The Morgan fingerprint density at radius 3 is 2.64 bits per heavy atom. The molecule has 3 aromatic carbocycles. The molecule has 0 radical (unpaired) electrons. The Labute approximate surface area is 163 Å². The summed E-state index contributed by atoms with van der Waals surface area (Å²) in [7, 11) is -0.919. The molecule has 1 amide bonds. The predicted molar refractivity (Wildman–Crippen MR) is 108 cm³/mol. The van der Waals surface area contributed by atoms with E-state index in [0.717, 1.165) is 27.7 Å². The molecule has 3 aromatic rings. The molecule has 4 rings (SSSR count). The average Bonchev–Trinajstić information content (AvgIpc) is 3.08. The van der Waals surface area contributed by atoms with Crippen molar-refractivity contribution in [3.8, 4) is 11.1 Å². The summed E-state index contributed by atoms with van der Waals surface area (Å²) in [5.41, 5.74) is 4.92. The zero-order valence-corrected chi connectivity index (χ0v) is 15.2. The van der Waals surface area contributed by atoms with E-state index in [4.69, 9.17) is 4.65 Å². The number of hydrogen-bond donors (Lipinski definition) is 2. The lowest BCUT2D eigenvalue weighted by Gasteiger charge is -2.10. The van der Waals surface area contributed by atoms with Crippen molar-refractivity contribution in [3.63, 3.8) is 0 Å². The van der Waals surface area contributed by atoms with Crippen LogP contribution in [0.5, 0.6) is 0 Å². The quantitative estimate of drug-likeness (QED) is 0.673. The minimum absolute atomic E-state index is 0.123. The zero-order chi connectivity index (χ0) is 19.5. The molecule has 0 aromatic heterocycles. The number of benzene rings is 3. The van der Waals surface area contributed by atoms with Crippen molar-refractivity contribution >= 4 is 24.2 Å². The van der Waals surface area contributed by atoms with Gasteiger partial charge in [0.2, 0.25) is 5.91 Å². The molecule has 0 saturated heterocycles. The number of nitrogens with one attached hydrogen (secondary N) is 1. The first kappa shape index (κ1) is 18.4. The van der Waals surface area contributed by atoms with Crippen molar-refractivity contribution in [2.45, 2.75) is 19.4 Å². The number of anilines is 1. The molecule has 1 aliphatic heterocycles. The van der Waals surface area contributed by atoms with Crippen LogP contribution in [-0.4, -0.2) is 18.0 Å². The van der Waals surface area contributed by atoms with Crippen molar-refractivity contribution in [2.24, 2.45) is 0 Å². The average molecular weight is 375 g/mol. The van der Waals surface area contributed by atoms with E-state index in [2.05, 4.69) is 5.32 Å². The van der Waals surface area contributed by atoms with Crippen LogP contribution < -0.4 is 10.8 Å². The van der Waals surface area contributed by atoms with Crippen LogP contribution in [-0.2, 0) is 22.5 Å². The van der Waals surface area contributed by atoms with E-state index >= 15 is 0 Å². The van der Waals surface area contributed by atoms with Gasteiger partial charge in [-0.25, -0.2) is 4.39 Å². The Hall–Kier alpha value is -2.96. The molecule has 2 N–H and O–H groups in total. The lowest BCUT2D eigenvalue weighted by molar-refractivity contribution is -0.116. The van der Waals surface area contributed by atoms with Crippen LogP contribution in [0.15, 0.2) is 66.7 Å². The molecule has 1 heterocycles. The summed E-state index contributed by atoms with van der Waals surface area (Å²) < 4.78 is 18.7. The van der Waals surface area contributed by atoms with Gasteiger partial charge in [-0.1, -0.05) is 42.5 Å². The van der Waals surface area contributed by atoms with Crippen LogP contribution in [0.1, 0.15) is 17.5 Å². The Balaban J connectivity index is 1.43. The van der Waals surface area contributed by atoms with Gasteiger partial charge < -0.3 is 15.0 Å². The summed E-state index contributed by atoms with van der Waals surface area (Å²) in [5, 5.41) is 12.9. The SMILES string of the molecule is O=C(CCc1cccc2c1B(O)OC2)Nc1cccc(-c2cccc(F)c2)c1. The number of carbonyl (C=O) groups excluding carboxylic acids is 1. The fraction of sp³-hybridized carbons (Fsp3) is 0.136. The molecule has 140 valence electrons. The van der Waals surface area contributed by atoms with Crippen LogP contribution in [0.3, 0.4) is 0 Å². The molecule has 0 atom stereocenters. The molecule has 0 saturated carbocycles. The molecule has 0 fully saturated rings. The van der Waals surface area contributed by atoms with Gasteiger partial charge in [-0.2, -0.15) is 0 Å². The van der Waals surface area contributed by atoms with E-state index in [9.17, 15) is 14.2 Å². The molecule has 0 bridgehead atoms. The van der Waals surface area contributed by atoms with Gasteiger partial charge in [-0.3, -0.25) is 4.79 Å². The fourth-order valence-electron chi connectivity index (χ4n) is 3.50. The van der Waals surface area contributed by atoms with Gasteiger partial charge in [-0.15, -0.1) is 0 Å². The molecular weight excluding hydrogens is 356 g/mol. The standard InChI is InChI=1S/C22H19BFNO3/c24-19-8-2-5-16(12-19)17-6-3-9-20(13-17)25-21(26)11-10-15-4-1-7-18-14-28-23(27)22(15)18/h1-9,12-13,27H,10-11,14H2,(H,25,26). The van der Waals surface area contributed by atoms with E-state index in [1.54, 1.807) is 12.1 Å². The summed E-state index contributed by atoms with van der Waals surface area (Å²) >= 11 is 0. The first-order valence-electron chi connectivity index (χ1n) is 9.16. The fourth-order valence-corrected chi connectivity index (χ4v) is 3.50. The molecule has 0 spiro atoms. The van der Waals surface area contributed by atoms with Gasteiger partial charge in [-0.05, 0) is 58.4 Å². The van der Waals surface area contributed by atoms with Crippen molar-refractivity contribution in [3.05, 3.63) is 83.7 Å². The number of halogens is 1. The number of rotatable bonds is 5. The van der Waals surface area contributed by atoms with Crippen LogP contribution in [0.2, 0.25) is 0 Å². The van der Waals surface area contributed by atoms with Gasteiger partial charge >= 0.3 is 7.12 Å². The monoisotopic (exact) mass is 375 g/mol. The lowest BCUT2D eigenvalue weighted by Crippen LogP contribution is -2.31. The van der Waals surface area contributed by atoms with Gasteiger partial charge in [0.05, 0.1) is 6.61 Å². The smallest absolute Gasteiger partial charge is 0.423 e. The molecule has 1 aliphatic rings. The minimum atomic E-state index is -0.919. The van der Waals surface area contributed by atoms with Crippen molar-refractivity contribution < 1.29 is 18.9 Å². The largest absolute Gasteiger partial charge is 0.492 e. The highest BCUT2D eigenvalue weighted by Crippen LogP contribution is 2.23. The third-order valence-corrected chi connectivity index (χ3v) is 4.86. The lowest BCUT2D eigenvalue weighted by atomic mass is 9.75. The summed E-state index contributed by atoms with van der Waals surface area (Å²) in [6.45, 7) is 0.392. The maximum Gasteiger partial charge on any atom is 0.492 e. The second-order valence-electron chi connectivity index (χ2n) is 6.79. The Bertz CT molecular complexity index is 1020. The normalized spacial score (nSPS) is 12.7. The highest BCUT2D eigenvalue weighted by atomic mass is 19.1. The van der Waals surface area contributed by atoms with E-state index in [-0.39, 0.29) is 18.1 Å². The number of amides is 1. The molecule has 4 nitrogen and oxygen atoms in total. The minimum Gasteiger partial charge on any atom is -0.423 e. The van der Waals surface area contributed by atoms with Gasteiger partial charge in [0.25, 0.3) is 0 Å². The van der Waals surface area contributed by atoms with Gasteiger partial charge in [0.1, 0.15) is 5.82 Å². The third-order valence-electron chi connectivity index (χ3n) is 4.86. The van der Waals surface area contributed by atoms with Crippen molar-refractivity contribution in [1.29, 1.82) is 0 Å². The Kier molecular flexibility index (Phi) is 5.24. The number of hydrogen-bond acceptors (Lipinski definition) is 3. The van der Waals surface area contributed by atoms with Crippen LogP contribution in [0, 0.1) is 5.82 Å². The van der Waals surface area contributed by atoms with Crippen molar-refractivity contribution in [2.75, 3.05) is 5.32 Å². The van der Waals surface area contributed by atoms with Gasteiger partial charge in [0.15, 0.2) is 0 Å². The molecule has 0 unspecified atom stereocenters. The number of fused-ring (bicyclic) bond motifs is 1. The topological polar surface area (TPSA) is 58.6 Å². The summed E-state index contributed by atoms with van der Waals surface area (Å²) in [6.07, 6.45) is 0.798. The maximum atomic E-state index is 13.5. The third kappa shape index (κ3) is 3.98. The predicted octanol–water partition coefficient (Wildman–Crippen LogP) is 3.28. The molecule has 0 aliphatic carbocycles. The van der Waals surface area contributed by atoms with E-state index in [0.29, 0.717) is 18.7 Å². The number of aryl methyl sites for hydroxylation is 1. The second kappa shape index (κ2) is 7.96. The Morgan fingerprint density at radius 1 is 1.07 bits per heavy atom. The van der Waals surface area contributed by atoms with Crippen LogP contribution in [0.25, 0.3) is 11.1 Å². The van der Waals surface area contributed by atoms with Crippen molar-refractivity contribution in [1.82, 2.24) is 0 Å².